The van der Waals surface area contributed by atoms with Crippen LogP contribution in [0.4, 0.5) is 0 Å². The van der Waals surface area contributed by atoms with Crippen LogP contribution in [-0.4, -0.2) is 13.6 Å². The molecule has 0 spiro atoms. The average Bonchev–Trinajstić information content (AvgIpc) is 2.43. The molecule has 0 aliphatic rings. The minimum Gasteiger partial charge on any atom is -0.320 e. The Morgan fingerprint density at radius 2 is 1.95 bits per heavy atom. The molecule has 0 saturated carbocycles. The quantitative estimate of drug-likeness (QED) is 0.332. The van der Waals surface area contributed by atoms with Crippen LogP contribution in [0.3, 0.4) is 0 Å². The zero-order valence-electron chi connectivity index (χ0n) is 14.8. The molecule has 0 saturated heterocycles. The molecule has 1 N–H and O–H groups in total. The van der Waals surface area contributed by atoms with E-state index in [0.717, 1.165) is 18.4 Å². The van der Waals surface area contributed by atoms with E-state index in [0.29, 0.717) is 5.41 Å². The first-order chi connectivity index (χ1) is 9.53. The molecule has 0 heterocycles. The van der Waals surface area contributed by atoms with E-state index in [-0.39, 0.29) is 0 Å². The van der Waals surface area contributed by atoms with Crippen molar-refractivity contribution in [1.29, 1.82) is 0 Å². The Balaban J connectivity index is 4.50. The summed E-state index contributed by atoms with van der Waals surface area (Å²) in [6, 6.07) is 0. The SMILES string of the molecule is C=CCCC(CC)CC(C)C(C)(CCC)CCCNC. The Labute approximate surface area is 128 Å². The number of allylic oxidation sites excluding steroid dienone is 1. The van der Waals surface area contributed by atoms with E-state index in [1.54, 1.807) is 0 Å². The topological polar surface area (TPSA) is 12.0 Å². The van der Waals surface area contributed by atoms with Crippen LogP contribution in [0.5, 0.6) is 0 Å². The molecule has 0 aromatic carbocycles. The second kappa shape index (κ2) is 11.4. The molecular weight excluding hydrogens is 242 g/mol. The van der Waals surface area contributed by atoms with Gasteiger partial charge in [-0.1, -0.05) is 46.6 Å². The van der Waals surface area contributed by atoms with Crippen molar-refractivity contribution < 1.29 is 0 Å². The van der Waals surface area contributed by atoms with Crippen molar-refractivity contribution in [3.63, 3.8) is 0 Å². The Morgan fingerprint density at radius 3 is 2.45 bits per heavy atom. The molecule has 1 nitrogen and oxygen atoms in total. The van der Waals surface area contributed by atoms with Gasteiger partial charge in [-0.2, -0.15) is 0 Å². The molecule has 0 rings (SSSR count). The molecule has 120 valence electrons. The van der Waals surface area contributed by atoms with E-state index in [4.69, 9.17) is 0 Å². The Morgan fingerprint density at radius 1 is 1.25 bits per heavy atom. The van der Waals surface area contributed by atoms with E-state index in [1.165, 1.54) is 51.4 Å². The van der Waals surface area contributed by atoms with Crippen LogP contribution in [0.25, 0.3) is 0 Å². The maximum absolute atomic E-state index is 3.87. The van der Waals surface area contributed by atoms with Gasteiger partial charge in [0.05, 0.1) is 0 Å². The standard InChI is InChI=1S/C19H39N/c1-7-10-12-18(9-3)16-17(4)19(5,13-8-2)14-11-15-20-6/h7,17-18,20H,1,8-16H2,2-6H3. The van der Waals surface area contributed by atoms with E-state index in [2.05, 4.69) is 52.7 Å². The van der Waals surface area contributed by atoms with Crippen molar-refractivity contribution in [2.45, 2.75) is 79.1 Å². The van der Waals surface area contributed by atoms with Crippen molar-refractivity contribution in [1.82, 2.24) is 5.32 Å². The van der Waals surface area contributed by atoms with Crippen LogP contribution in [-0.2, 0) is 0 Å². The smallest absolute Gasteiger partial charge is 0.00517 e. The predicted molar refractivity (Wildman–Crippen MR) is 93.2 cm³/mol. The highest BCUT2D eigenvalue weighted by Crippen LogP contribution is 2.41. The third-order valence-corrected chi connectivity index (χ3v) is 5.23. The molecule has 3 atom stereocenters. The Kier molecular flexibility index (Phi) is 11.2. The van der Waals surface area contributed by atoms with Crippen molar-refractivity contribution >= 4 is 0 Å². The van der Waals surface area contributed by atoms with E-state index < -0.39 is 0 Å². The predicted octanol–water partition coefficient (Wildman–Crippen LogP) is 5.81. The summed E-state index contributed by atoms with van der Waals surface area (Å²) in [5, 5.41) is 3.29. The third-order valence-electron chi connectivity index (χ3n) is 5.23. The molecule has 3 unspecified atom stereocenters. The van der Waals surface area contributed by atoms with Crippen LogP contribution in [0.2, 0.25) is 0 Å². The number of hydrogen-bond acceptors (Lipinski definition) is 1. The zero-order valence-corrected chi connectivity index (χ0v) is 14.8. The van der Waals surface area contributed by atoms with Crippen LogP contribution >= 0.6 is 0 Å². The molecule has 0 aromatic rings. The normalized spacial score (nSPS) is 17.4. The lowest BCUT2D eigenvalue weighted by Gasteiger charge is -2.38. The molecular formula is C19H39N. The lowest BCUT2D eigenvalue weighted by molar-refractivity contribution is 0.131. The second-order valence-electron chi connectivity index (χ2n) is 6.89. The van der Waals surface area contributed by atoms with Gasteiger partial charge in [-0.15, -0.1) is 6.58 Å². The van der Waals surface area contributed by atoms with Gasteiger partial charge in [0.25, 0.3) is 0 Å². The highest BCUT2D eigenvalue weighted by atomic mass is 14.8. The summed E-state index contributed by atoms with van der Waals surface area (Å²) in [5.74, 6) is 1.71. The average molecular weight is 282 g/mol. The molecule has 0 radical (unpaired) electrons. The largest absolute Gasteiger partial charge is 0.320 e. The minimum atomic E-state index is 0.521. The third kappa shape index (κ3) is 7.47. The highest BCUT2D eigenvalue weighted by Gasteiger charge is 2.30. The lowest BCUT2D eigenvalue weighted by Crippen LogP contribution is -2.28. The first-order valence-corrected chi connectivity index (χ1v) is 8.79. The monoisotopic (exact) mass is 281 g/mol. The Hall–Kier alpha value is -0.300. The summed E-state index contributed by atoms with van der Waals surface area (Å²) in [6.45, 7) is 14.7. The zero-order chi connectivity index (χ0) is 15.4. The fourth-order valence-electron chi connectivity index (χ4n) is 3.48. The molecule has 0 fully saturated rings. The molecule has 0 aliphatic heterocycles. The van der Waals surface area contributed by atoms with Gasteiger partial charge in [0, 0.05) is 0 Å². The van der Waals surface area contributed by atoms with Gasteiger partial charge in [0.2, 0.25) is 0 Å². The molecule has 1 heteroatoms. The second-order valence-corrected chi connectivity index (χ2v) is 6.89. The van der Waals surface area contributed by atoms with Gasteiger partial charge < -0.3 is 5.32 Å². The van der Waals surface area contributed by atoms with Gasteiger partial charge in [0.15, 0.2) is 0 Å². The maximum Gasteiger partial charge on any atom is -0.00517 e. The minimum absolute atomic E-state index is 0.521. The highest BCUT2D eigenvalue weighted by molar-refractivity contribution is 4.82. The maximum atomic E-state index is 3.87. The summed E-state index contributed by atoms with van der Waals surface area (Å²) in [4.78, 5) is 0. The van der Waals surface area contributed by atoms with E-state index in [1.807, 2.05) is 0 Å². The van der Waals surface area contributed by atoms with Crippen molar-refractivity contribution in [2.75, 3.05) is 13.6 Å². The summed E-state index contributed by atoms with van der Waals surface area (Å²) in [6.07, 6.45) is 12.6. The van der Waals surface area contributed by atoms with Gasteiger partial charge >= 0.3 is 0 Å². The van der Waals surface area contributed by atoms with Gasteiger partial charge in [0.1, 0.15) is 0 Å². The summed E-state index contributed by atoms with van der Waals surface area (Å²) >= 11 is 0. The van der Waals surface area contributed by atoms with Crippen molar-refractivity contribution in [3.8, 4) is 0 Å². The van der Waals surface area contributed by atoms with Crippen LogP contribution in [0, 0.1) is 17.3 Å². The fraction of sp³-hybridized carbons (Fsp3) is 0.895. The molecule has 0 amide bonds. The molecule has 0 aromatic heterocycles. The van der Waals surface area contributed by atoms with E-state index in [9.17, 15) is 0 Å². The van der Waals surface area contributed by atoms with Gasteiger partial charge in [-0.25, -0.2) is 0 Å². The van der Waals surface area contributed by atoms with Gasteiger partial charge in [-0.3, -0.25) is 0 Å². The molecule has 0 aliphatic carbocycles. The first-order valence-electron chi connectivity index (χ1n) is 8.79. The fourth-order valence-corrected chi connectivity index (χ4v) is 3.48. The van der Waals surface area contributed by atoms with E-state index >= 15 is 0 Å². The summed E-state index contributed by atoms with van der Waals surface area (Å²) < 4.78 is 0. The van der Waals surface area contributed by atoms with Crippen LogP contribution in [0.15, 0.2) is 12.7 Å². The number of hydrogen-bond donors (Lipinski definition) is 1. The van der Waals surface area contributed by atoms with Crippen LogP contribution in [0.1, 0.15) is 79.1 Å². The summed E-state index contributed by atoms with van der Waals surface area (Å²) in [5.41, 5.74) is 0.521. The van der Waals surface area contributed by atoms with Crippen LogP contribution < -0.4 is 5.32 Å². The van der Waals surface area contributed by atoms with Crippen molar-refractivity contribution in [3.05, 3.63) is 12.7 Å². The lowest BCUT2D eigenvalue weighted by atomic mass is 9.68. The first kappa shape index (κ1) is 19.7. The Bertz CT molecular complexity index is 236. The number of rotatable bonds is 13. The molecule has 20 heavy (non-hydrogen) atoms. The summed E-state index contributed by atoms with van der Waals surface area (Å²) in [7, 11) is 2.06. The number of nitrogens with one attached hydrogen (secondary N) is 1. The molecule has 0 bridgehead atoms. The van der Waals surface area contributed by atoms with Crippen molar-refractivity contribution in [2.24, 2.45) is 17.3 Å². The van der Waals surface area contributed by atoms with Gasteiger partial charge in [-0.05, 0) is 69.4 Å².